The highest BCUT2D eigenvalue weighted by Gasteiger charge is 2.36. The number of carbonyl (C=O) groups excluding carboxylic acids is 7. The zero-order valence-corrected chi connectivity index (χ0v) is 42.8. The molecule has 0 saturated carbocycles. The van der Waals surface area contributed by atoms with Gasteiger partial charge in [0.2, 0.25) is 41.4 Å². The lowest BCUT2D eigenvalue weighted by atomic mass is 10.0. The molecule has 0 saturated heterocycles. The molecule has 7 aromatic rings. The second kappa shape index (κ2) is 27.2. The van der Waals surface area contributed by atoms with Gasteiger partial charge in [0, 0.05) is 70.6 Å². The number of hydrogen-bond donors (Lipinski definition) is 16. The third kappa shape index (κ3) is 15.0. The fourth-order valence-corrected chi connectivity index (χ4v) is 9.02. The smallest absolute Gasteiger partial charge is 0.328 e. The second-order valence-corrected chi connectivity index (χ2v) is 18.9. The number of aromatic amines is 3. The number of benzene rings is 4. The lowest BCUT2D eigenvalue weighted by Crippen LogP contribution is -2.61. The van der Waals surface area contributed by atoms with Crippen molar-refractivity contribution in [1.29, 1.82) is 0 Å². The third-order valence-electron chi connectivity index (χ3n) is 13.3. The van der Waals surface area contributed by atoms with Gasteiger partial charge in [-0.1, -0.05) is 84.9 Å². The predicted molar refractivity (Wildman–Crippen MR) is 289 cm³/mol. The van der Waals surface area contributed by atoms with E-state index in [1.54, 1.807) is 122 Å². The molecular formula is C55H61N11O14. The van der Waals surface area contributed by atoms with Crippen molar-refractivity contribution < 1.29 is 68.7 Å². The Morgan fingerprint density at radius 3 is 1.07 bits per heavy atom. The molecule has 25 nitrogen and oxygen atoms in total. The standard InChI is InChI=1S/C55H61N11O14/c56-36(18-29-10-2-1-3-11-29)48(72)64-44(26-67)53(77)62-41(20-31-24-58-38-16-8-5-13-34(31)38)50(74)65-45(27-68)54(78)63-43(22-47(70)71)52(76)61-40(19-30-23-57-37-15-7-4-12-33(30)37)49(73)60-42(51(75)66-46(28-69)55(79)80)21-32-25-59-39-17-9-6-14-35(32)39/h1-17,23-25,36,40-46,57-59,67-69H,18-22,26-28,56H2,(H,60,73)(H,61,76)(H,62,77)(H,63,78)(H,64,72)(H,65,74)(H,66,75)(H,70,71)(H,79,80)/t36-,40-,41-,42-,43-,44-,45-,46-/m0/s1. The van der Waals surface area contributed by atoms with Crippen LogP contribution in [0.5, 0.6) is 0 Å². The predicted octanol–water partition coefficient (Wildman–Crippen LogP) is -1.34. The van der Waals surface area contributed by atoms with Gasteiger partial charge >= 0.3 is 11.9 Å². The van der Waals surface area contributed by atoms with Crippen molar-refractivity contribution in [3.8, 4) is 0 Å². The van der Waals surface area contributed by atoms with E-state index in [1.165, 1.54) is 0 Å². The first-order valence-electron chi connectivity index (χ1n) is 25.3. The molecule has 0 fully saturated rings. The molecule has 8 atom stereocenters. The number of aliphatic hydroxyl groups is 3. The molecule has 0 bridgehead atoms. The summed E-state index contributed by atoms with van der Waals surface area (Å²) >= 11 is 0. The van der Waals surface area contributed by atoms with Crippen LogP contribution in [0.1, 0.15) is 28.7 Å². The summed E-state index contributed by atoms with van der Waals surface area (Å²) in [4.78, 5) is 131. The van der Waals surface area contributed by atoms with Gasteiger partial charge in [0.15, 0.2) is 0 Å². The van der Waals surface area contributed by atoms with Gasteiger partial charge in [0.05, 0.1) is 32.3 Å². The fraction of sp³-hybridized carbons (Fsp3) is 0.291. The molecule has 25 heteroatoms. The average molecular weight is 1100 g/mol. The Morgan fingerprint density at radius 1 is 0.388 bits per heavy atom. The van der Waals surface area contributed by atoms with Crippen LogP contribution in [-0.4, -0.2) is 162 Å². The van der Waals surface area contributed by atoms with E-state index in [4.69, 9.17) is 5.73 Å². The SMILES string of the molecule is N[C@@H](Cc1ccccc1)C(=O)N[C@@H](CO)C(=O)N[C@@H](Cc1c[nH]c2ccccc12)C(=O)N[C@@H](CO)C(=O)N[C@@H](CC(=O)O)C(=O)N[C@@H](Cc1c[nH]c2ccccc12)C(=O)N[C@@H](Cc1c[nH]c2ccccc12)C(=O)N[C@@H](CO)C(=O)O. The third-order valence-corrected chi connectivity index (χ3v) is 13.3. The Balaban J connectivity index is 1.11. The highest BCUT2D eigenvalue weighted by molar-refractivity contribution is 5.99. The van der Waals surface area contributed by atoms with Gasteiger partial charge in [-0.3, -0.25) is 38.4 Å². The van der Waals surface area contributed by atoms with Crippen LogP contribution in [0, 0.1) is 0 Å². The van der Waals surface area contributed by atoms with Gasteiger partial charge in [-0.25, -0.2) is 4.79 Å². The molecule has 0 unspecified atom stereocenters. The van der Waals surface area contributed by atoms with E-state index in [0.29, 0.717) is 49.4 Å². The molecule has 17 N–H and O–H groups in total. The molecule has 0 aliphatic carbocycles. The van der Waals surface area contributed by atoms with Crippen LogP contribution in [-0.2, 0) is 68.8 Å². The van der Waals surface area contributed by atoms with Crippen LogP contribution in [0.2, 0.25) is 0 Å². The maximum atomic E-state index is 14.6. The molecule has 0 aliphatic rings. The summed E-state index contributed by atoms with van der Waals surface area (Å²) in [6, 6.07) is 16.6. The average Bonchev–Trinajstić information content (AvgIpc) is 4.19. The first-order valence-corrected chi connectivity index (χ1v) is 25.3. The number of aromatic nitrogens is 3. The lowest BCUT2D eigenvalue weighted by molar-refractivity contribution is -0.143. The quantitative estimate of drug-likeness (QED) is 0.0270. The number of carboxylic acids is 2. The molecule has 0 aliphatic heterocycles. The number of aliphatic hydroxyl groups excluding tert-OH is 3. The van der Waals surface area contributed by atoms with Crippen molar-refractivity contribution in [2.75, 3.05) is 19.8 Å². The van der Waals surface area contributed by atoms with Gasteiger partial charge in [-0.05, 0) is 46.9 Å². The van der Waals surface area contributed by atoms with Crippen molar-refractivity contribution >= 4 is 86.0 Å². The van der Waals surface area contributed by atoms with Crippen LogP contribution in [0.15, 0.2) is 122 Å². The minimum atomic E-state index is -2.00. The first kappa shape index (κ1) is 58.3. The van der Waals surface area contributed by atoms with Crippen molar-refractivity contribution in [2.24, 2.45) is 5.73 Å². The number of fused-ring (bicyclic) bond motifs is 3. The van der Waals surface area contributed by atoms with Crippen LogP contribution in [0.3, 0.4) is 0 Å². The van der Waals surface area contributed by atoms with Crippen LogP contribution >= 0.6 is 0 Å². The van der Waals surface area contributed by atoms with E-state index in [9.17, 15) is 68.7 Å². The van der Waals surface area contributed by atoms with Crippen LogP contribution in [0.25, 0.3) is 32.7 Å². The summed E-state index contributed by atoms with van der Waals surface area (Å²) < 4.78 is 0. The summed E-state index contributed by atoms with van der Waals surface area (Å²) in [6.45, 7) is -3.05. The maximum absolute atomic E-state index is 14.6. The van der Waals surface area contributed by atoms with Gasteiger partial charge in [0.1, 0.15) is 42.3 Å². The first-order chi connectivity index (χ1) is 38.5. The lowest BCUT2D eigenvalue weighted by Gasteiger charge is -2.27. The summed E-state index contributed by atoms with van der Waals surface area (Å²) in [6.07, 6.45) is 2.94. The molecule has 0 radical (unpaired) electrons. The van der Waals surface area contributed by atoms with Crippen molar-refractivity contribution in [3.05, 3.63) is 144 Å². The molecular weight excluding hydrogens is 1040 g/mol. The van der Waals surface area contributed by atoms with E-state index in [-0.39, 0.29) is 25.7 Å². The number of nitrogens with two attached hydrogens (primary N) is 1. The summed E-state index contributed by atoms with van der Waals surface area (Å²) in [5.41, 5.74) is 10.3. The molecule has 4 aromatic carbocycles. The van der Waals surface area contributed by atoms with Crippen LogP contribution in [0.4, 0.5) is 0 Å². The molecule has 0 spiro atoms. The Kier molecular flexibility index (Phi) is 19.8. The number of hydrogen-bond acceptors (Lipinski definition) is 13. The Bertz CT molecular complexity index is 3360. The zero-order valence-electron chi connectivity index (χ0n) is 42.8. The highest BCUT2D eigenvalue weighted by Crippen LogP contribution is 2.23. The Labute approximate surface area is 455 Å². The summed E-state index contributed by atoms with van der Waals surface area (Å²) in [5.74, 6) is -10.6. The largest absolute Gasteiger partial charge is 0.481 e. The number of rotatable bonds is 28. The van der Waals surface area contributed by atoms with E-state index in [1.807, 2.05) is 0 Å². The number of amides is 7. The molecule has 420 valence electrons. The van der Waals surface area contributed by atoms with Gasteiger partial charge < -0.3 is 83.4 Å². The fourth-order valence-electron chi connectivity index (χ4n) is 9.02. The van der Waals surface area contributed by atoms with E-state index in [2.05, 4.69) is 52.2 Å². The number of aliphatic carboxylic acids is 2. The van der Waals surface area contributed by atoms with Gasteiger partial charge in [-0.2, -0.15) is 0 Å². The van der Waals surface area contributed by atoms with Crippen LogP contribution < -0.4 is 43.0 Å². The summed E-state index contributed by atoms with van der Waals surface area (Å²) in [7, 11) is 0. The highest BCUT2D eigenvalue weighted by atomic mass is 16.4. The topological polar surface area (TPSA) is 412 Å². The number of H-pyrrole nitrogens is 3. The van der Waals surface area contributed by atoms with Crippen molar-refractivity contribution in [3.63, 3.8) is 0 Å². The second-order valence-electron chi connectivity index (χ2n) is 18.9. The molecule has 7 amide bonds. The molecule has 7 rings (SSSR count). The molecule has 80 heavy (non-hydrogen) atoms. The van der Waals surface area contributed by atoms with E-state index >= 15 is 0 Å². The number of para-hydroxylation sites is 3. The van der Waals surface area contributed by atoms with Crippen molar-refractivity contribution in [2.45, 2.75) is 80.4 Å². The van der Waals surface area contributed by atoms with Gasteiger partial charge in [-0.15, -0.1) is 0 Å². The molecule has 3 heterocycles. The minimum Gasteiger partial charge on any atom is -0.481 e. The minimum absolute atomic E-state index is 0.0940. The van der Waals surface area contributed by atoms with Gasteiger partial charge in [0.25, 0.3) is 0 Å². The monoisotopic (exact) mass is 1100 g/mol. The Morgan fingerprint density at radius 2 is 0.700 bits per heavy atom. The normalized spacial score (nSPS) is 14.3. The Hall–Kier alpha value is -9.43. The number of carboxylic acid groups (broad SMARTS) is 2. The van der Waals surface area contributed by atoms with Crippen molar-refractivity contribution in [1.82, 2.24) is 52.2 Å². The molecule has 3 aromatic heterocycles. The van der Waals surface area contributed by atoms with E-state index < -0.39 is 128 Å². The number of nitrogens with one attached hydrogen (secondary N) is 10. The zero-order chi connectivity index (χ0) is 57.5. The number of carbonyl (C=O) groups is 9. The summed E-state index contributed by atoms with van der Waals surface area (Å²) in [5, 5.41) is 68.8. The maximum Gasteiger partial charge on any atom is 0.328 e. The van der Waals surface area contributed by atoms with E-state index in [0.717, 1.165) is 5.56 Å².